The van der Waals surface area contributed by atoms with E-state index in [1.807, 2.05) is 19.1 Å². The van der Waals surface area contributed by atoms with Gasteiger partial charge in [-0.1, -0.05) is 37.6 Å². The molecule has 0 saturated heterocycles. The molecule has 0 saturated carbocycles. The SMILES string of the molecule is CCCCc1c(-c2ccccc2C)nn(CC)c1O. The standard InChI is InChI=1S/C16H22N2O/c1-4-6-10-14-15(17-18(5-2)16(14)19)13-11-8-7-9-12(13)3/h7-9,11,19H,4-6,10H2,1-3H3. The topological polar surface area (TPSA) is 38.0 Å². The van der Waals surface area contributed by atoms with E-state index < -0.39 is 0 Å². The molecule has 0 radical (unpaired) electrons. The fraction of sp³-hybridized carbons (Fsp3) is 0.438. The van der Waals surface area contributed by atoms with Crippen LogP contribution < -0.4 is 0 Å². The highest BCUT2D eigenvalue weighted by Gasteiger charge is 2.18. The van der Waals surface area contributed by atoms with Crippen LogP contribution in [0.15, 0.2) is 24.3 Å². The van der Waals surface area contributed by atoms with Gasteiger partial charge in [-0.25, -0.2) is 4.68 Å². The summed E-state index contributed by atoms with van der Waals surface area (Å²) < 4.78 is 1.69. The summed E-state index contributed by atoms with van der Waals surface area (Å²) >= 11 is 0. The Morgan fingerprint density at radius 1 is 1.21 bits per heavy atom. The van der Waals surface area contributed by atoms with Crippen LogP contribution in [0.2, 0.25) is 0 Å². The van der Waals surface area contributed by atoms with Crippen molar-refractivity contribution in [3.63, 3.8) is 0 Å². The second kappa shape index (κ2) is 5.91. The first-order valence-electron chi connectivity index (χ1n) is 7.03. The van der Waals surface area contributed by atoms with E-state index in [9.17, 15) is 5.11 Å². The van der Waals surface area contributed by atoms with Gasteiger partial charge < -0.3 is 5.11 Å². The third-order valence-electron chi connectivity index (χ3n) is 3.50. The average Bonchev–Trinajstić information content (AvgIpc) is 2.73. The number of aromatic nitrogens is 2. The number of aromatic hydroxyl groups is 1. The lowest BCUT2D eigenvalue weighted by Crippen LogP contribution is -1.95. The Hall–Kier alpha value is -1.77. The molecular formula is C16H22N2O. The third-order valence-corrected chi connectivity index (χ3v) is 3.50. The molecular weight excluding hydrogens is 236 g/mol. The molecule has 0 bridgehead atoms. The average molecular weight is 258 g/mol. The Balaban J connectivity index is 2.52. The van der Waals surface area contributed by atoms with Gasteiger partial charge in [0.15, 0.2) is 0 Å². The molecule has 0 atom stereocenters. The van der Waals surface area contributed by atoms with Gasteiger partial charge in [0.2, 0.25) is 5.88 Å². The highest BCUT2D eigenvalue weighted by molar-refractivity contribution is 5.68. The Kier molecular flexibility index (Phi) is 4.25. The number of unbranched alkanes of at least 4 members (excludes halogenated alkanes) is 1. The lowest BCUT2D eigenvalue weighted by atomic mass is 10.00. The molecule has 2 rings (SSSR count). The van der Waals surface area contributed by atoms with Crippen LogP contribution >= 0.6 is 0 Å². The van der Waals surface area contributed by atoms with Crippen molar-refractivity contribution < 1.29 is 5.11 Å². The molecule has 1 aromatic carbocycles. The first-order chi connectivity index (χ1) is 9.19. The summed E-state index contributed by atoms with van der Waals surface area (Å²) in [6.45, 7) is 6.93. The van der Waals surface area contributed by atoms with Crippen molar-refractivity contribution >= 4 is 0 Å². The minimum absolute atomic E-state index is 0.328. The van der Waals surface area contributed by atoms with Gasteiger partial charge in [-0.2, -0.15) is 5.10 Å². The van der Waals surface area contributed by atoms with E-state index in [0.29, 0.717) is 12.4 Å². The van der Waals surface area contributed by atoms with Crippen molar-refractivity contribution in [3.05, 3.63) is 35.4 Å². The van der Waals surface area contributed by atoms with E-state index in [4.69, 9.17) is 0 Å². The van der Waals surface area contributed by atoms with Crippen molar-refractivity contribution in [2.45, 2.75) is 46.6 Å². The zero-order valence-corrected chi connectivity index (χ0v) is 12.0. The maximum atomic E-state index is 10.3. The molecule has 3 heteroatoms. The van der Waals surface area contributed by atoms with Crippen molar-refractivity contribution in [1.82, 2.24) is 9.78 Å². The molecule has 0 unspecified atom stereocenters. The van der Waals surface area contributed by atoms with Gasteiger partial charge in [0.25, 0.3) is 0 Å². The van der Waals surface area contributed by atoms with Crippen LogP contribution in [0.25, 0.3) is 11.3 Å². The van der Waals surface area contributed by atoms with Crippen LogP contribution in [-0.2, 0) is 13.0 Å². The fourth-order valence-corrected chi connectivity index (χ4v) is 2.35. The number of hydrogen-bond donors (Lipinski definition) is 1. The number of rotatable bonds is 5. The van der Waals surface area contributed by atoms with Gasteiger partial charge in [0, 0.05) is 17.7 Å². The zero-order valence-electron chi connectivity index (χ0n) is 12.0. The minimum atomic E-state index is 0.328. The largest absolute Gasteiger partial charge is 0.493 e. The van der Waals surface area contributed by atoms with Crippen molar-refractivity contribution in [3.8, 4) is 17.1 Å². The van der Waals surface area contributed by atoms with Gasteiger partial charge in [-0.05, 0) is 32.3 Å². The molecule has 2 aromatic rings. The number of aryl methyl sites for hydroxylation is 2. The van der Waals surface area contributed by atoms with Crippen molar-refractivity contribution in [1.29, 1.82) is 0 Å². The lowest BCUT2D eigenvalue weighted by molar-refractivity contribution is 0.400. The van der Waals surface area contributed by atoms with Gasteiger partial charge in [0.1, 0.15) is 0 Å². The molecule has 1 aromatic heterocycles. The smallest absolute Gasteiger partial charge is 0.213 e. The second-order valence-corrected chi connectivity index (χ2v) is 4.89. The van der Waals surface area contributed by atoms with Crippen LogP contribution in [0.3, 0.4) is 0 Å². The van der Waals surface area contributed by atoms with Crippen LogP contribution in [0.5, 0.6) is 5.88 Å². The van der Waals surface area contributed by atoms with Gasteiger partial charge in [0.05, 0.1) is 5.69 Å². The number of hydrogen-bond acceptors (Lipinski definition) is 2. The molecule has 1 N–H and O–H groups in total. The molecule has 3 nitrogen and oxygen atoms in total. The summed E-state index contributed by atoms with van der Waals surface area (Å²) in [6, 6.07) is 8.21. The Labute approximate surface area is 114 Å². The maximum Gasteiger partial charge on any atom is 0.213 e. The van der Waals surface area contributed by atoms with E-state index in [2.05, 4.69) is 31.1 Å². The minimum Gasteiger partial charge on any atom is -0.493 e. The van der Waals surface area contributed by atoms with E-state index >= 15 is 0 Å². The van der Waals surface area contributed by atoms with Gasteiger partial charge >= 0.3 is 0 Å². The maximum absolute atomic E-state index is 10.3. The van der Waals surface area contributed by atoms with E-state index in [0.717, 1.165) is 36.1 Å². The summed E-state index contributed by atoms with van der Waals surface area (Å²) in [4.78, 5) is 0. The third kappa shape index (κ3) is 2.65. The zero-order chi connectivity index (χ0) is 13.8. The summed E-state index contributed by atoms with van der Waals surface area (Å²) in [7, 11) is 0. The van der Waals surface area contributed by atoms with E-state index in [1.54, 1.807) is 4.68 Å². The van der Waals surface area contributed by atoms with Gasteiger partial charge in [-0.15, -0.1) is 0 Å². The van der Waals surface area contributed by atoms with Crippen LogP contribution in [-0.4, -0.2) is 14.9 Å². The molecule has 0 aliphatic carbocycles. The normalized spacial score (nSPS) is 10.9. The summed E-state index contributed by atoms with van der Waals surface area (Å²) in [5.74, 6) is 0.328. The van der Waals surface area contributed by atoms with Crippen LogP contribution in [0, 0.1) is 6.92 Å². The molecule has 0 fully saturated rings. The molecule has 0 aliphatic heterocycles. The Bertz CT molecular complexity index is 558. The first-order valence-corrected chi connectivity index (χ1v) is 7.03. The number of nitrogens with zero attached hydrogens (tertiary/aromatic N) is 2. The van der Waals surface area contributed by atoms with E-state index in [1.165, 1.54) is 5.56 Å². The van der Waals surface area contributed by atoms with Crippen LogP contribution in [0.4, 0.5) is 0 Å². The van der Waals surface area contributed by atoms with E-state index in [-0.39, 0.29) is 0 Å². The molecule has 1 heterocycles. The lowest BCUT2D eigenvalue weighted by Gasteiger charge is -2.05. The number of benzene rings is 1. The predicted molar refractivity (Wildman–Crippen MR) is 78.4 cm³/mol. The summed E-state index contributed by atoms with van der Waals surface area (Å²) in [6.07, 6.45) is 3.07. The molecule has 0 spiro atoms. The first kappa shape index (κ1) is 13.7. The Morgan fingerprint density at radius 3 is 2.58 bits per heavy atom. The molecule has 0 amide bonds. The van der Waals surface area contributed by atoms with Crippen molar-refractivity contribution in [2.24, 2.45) is 0 Å². The van der Waals surface area contributed by atoms with Crippen LogP contribution in [0.1, 0.15) is 37.8 Å². The summed E-state index contributed by atoms with van der Waals surface area (Å²) in [5, 5.41) is 14.9. The molecule has 102 valence electrons. The molecule has 0 aliphatic rings. The quantitative estimate of drug-likeness (QED) is 0.882. The fourth-order valence-electron chi connectivity index (χ4n) is 2.35. The van der Waals surface area contributed by atoms with Gasteiger partial charge in [-0.3, -0.25) is 0 Å². The summed E-state index contributed by atoms with van der Waals surface area (Å²) in [5.41, 5.74) is 4.24. The highest BCUT2D eigenvalue weighted by Crippen LogP contribution is 2.32. The van der Waals surface area contributed by atoms with Crippen molar-refractivity contribution in [2.75, 3.05) is 0 Å². The molecule has 19 heavy (non-hydrogen) atoms. The Morgan fingerprint density at radius 2 is 1.95 bits per heavy atom. The second-order valence-electron chi connectivity index (χ2n) is 4.89. The predicted octanol–water partition coefficient (Wildman–Crippen LogP) is 3.93. The highest BCUT2D eigenvalue weighted by atomic mass is 16.3. The monoisotopic (exact) mass is 258 g/mol.